The number of rotatable bonds is 2. The van der Waals surface area contributed by atoms with Crippen LogP contribution in [-0.4, -0.2) is 12.6 Å². The molecule has 0 fully saturated rings. The lowest BCUT2D eigenvalue weighted by atomic mass is 10.2. The first-order chi connectivity index (χ1) is 7.61. The van der Waals surface area contributed by atoms with Gasteiger partial charge in [0.2, 0.25) is 0 Å². The standard InChI is InChI=1S/C11H8F2O2S/c1-2-15-11(14)10-4-6-3-7(12)8(13)5-9(6)16-10/h3-5H,2H2,1H3. The summed E-state index contributed by atoms with van der Waals surface area (Å²) >= 11 is 1.09. The fraction of sp³-hybridized carbons (Fsp3) is 0.182. The lowest BCUT2D eigenvalue weighted by Gasteiger charge is -1.95. The first kappa shape index (κ1) is 11.0. The van der Waals surface area contributed by atoms with Crippen molar-refractivity contribution >= 4 is 27.4 Å². The molecule has 2 aromatic rings. The summed E-state index contributed by atoms with van der Waals surface area (Å²) in [6, 6.07) is 3.66. The first-order valence-corrected chi connectivity index (χ1v) is 5.49. The van der Waals surface area contributed by atoms with Crippen molar-refractivity contribution in [3.63, 3.8) is 0 Å². The van der Waals surface area contributed by atoms with Crippen molar-refractivity contribution in [3.8, 4) is 0 Å². The first-order valence-electron chi connectivity index (χ1n) is 4.67. The van der Waals surface area contributed by atoms with E-state index in [0.29, 0.717) is 15.0 Å². The maximum atomic E-state index is 12.9. The van der Waals surface area contributed by atoms with E-state index in [9.17, 15) is 13.6 Å². The predicted molar refractivity (Wildman–Crippen MR) is 57.7 cm³/mol. The van der Waals surface area contributed by atoms with Crippen molar-refractivity contribution in [1.29, 1.82) is 0 Å². The van der Waals surface area contributed by atoms with Crippen molar-refractivity contribution in [2.75, 3.05) is 6.61 Å². The minimum Gasteiger partial charge on any atom is -0.462 e. The Labute approximate surface area is 94.5 Å². The molecule has 5 heteroatoms. The molecule has 0 aliphatic heterocycles. The van der Waals surface area contributed by atoms with Crippen LogP contribution < -0.4 is 0 Å². The molecule has 0 aliphatic rings. The van der Waals surface area contributed by atoms with Crippen molar-refractivity contribution in [2.45, 2.75) is 6.92 Å². The molecule has 0 saturated heterocycles. The van der Waals surface area contributed by atoms with Gasteiger partial charge in [-0.25, -0.2) is 13.6 Å². The molecule has 1 aromatic heterocycles. The molecule has 1 aromatic carbocycles. The summed E-state index contributed by atoms with van der Waals surface area (Å²) in [6.45, 7) is 1.97. The SMILES string of the molecule is CCOC(=O)c1cc2cc(F)c(F)cc2s1. The monoisotopic (exact) mass is 242 g/mol. The van der Waals surface area contributed by atoms with E-state index in [-0.39, 0.29) is 6.61 Å². The van der Waals surface area contributed by atoms with Gasteiger partial charge < -0.3 is 4.74 Å². The van der Waals surface area contributed by atoms with Gasteiger partial charge in [0, 0.05) is 4.70 Å². The van der Waals surface area contributed by atoms with Gasteiger partial charge in [0.1, 0.15) is 4.88 Å². The van der Waals surface area contributed by atoms with Crippen molar-refractivity contribution in [1.82, 2.24) is 0 Å². The van der Waals surface area contributed by atoms with E-state index in [2.05, 4.69) is 0 Å². The second-order valence-corrected chi connectivity index (χ2v) is 4.22. The van der Waals surface area contributed by atoms with Crippen LogP contribution in [0.3, 0.4) is 0 Å². The Morgan fingerprint density at radius 1 is 1.31 bits per heavy atom. The van der Waals surface area contributed by atoms with E-state index in [0.717, 1.165) is 23.5 Å². The highest BCUT2D eigenvalue weighted by molar-refractivity contribution is 7.20. The molecule has 0 unspecified atom stereocenters. The quantitative estimate of drug-likeness (QED) is 0.755. The molecule has 84 valence electrons. The molecule has 2 nitrogen and oxygen atoms in total. The van der Waals surface area contributed by atoms with Crippen LogP contribution in [0.25, 0.3) is 10.1 Å². The molecule has 2 rings (SSSR count). The highest BCUT2D eigenvalue weighted by atomic mass is 32.1. The number of fused-ring (bicyclic) bond motifs is 1. The van der Waals surface area contributed by atoms with Crippen molar-refractivity contribution in [2.24, 2.45) is 0 Å². The Hall–Kier alpha value is -1.49. The van der Waals surface area contributed by atoms with Crippen LogP contribution >= 0.6 is 11.3 Å². The minimum absolute atomic E-state index is 0.274. The van der Waals surface area contributed by atoms with Gasteiger partial charge in [-0.05, 0) is 30.5 Å². The van der Waals surface area contributed by atoms with Crippen LogP contribution in [0.4, 0.5) is 8.78 Å². The van der Waals surface area contributed by atoms with E-state index in [4.69, 9.17) is 4.74 Å². The summed E-state index contributed by atoms with van der Waals surface area (Å²) in [6.07, 6.45) is 0. The molecule has 0 radical (unpaired) electrons. The van der Waals surface area contributed by atoms with Gasteiger partial charge in [-0.2, -0.15) is 0 Å². The smallest absolute Gasteiger partial charge is 0.348 e. The van der Waals surface area contributed by atoms with Crippen LogP contribution in [0.2, 0.25) is 0 Å². The predicted octanol–water partition coefficient (Wildman–Crippen LogP) is 3.36. The molecule has 0 spiro atoms. The Kier molecular flexibility index (Phi) is 2.87. The van der Waals surface area contributed by atoms with E-state index < -0.39 is 17.6 Å². The van der Waals surface area contributed by atoms with Gasteiger partial charge in [-0.1, -0.05) is 0 Å². The van der Waals surface area contributed by atoms with E-state index >= 15 is 0 Å². The number of thiophene rings is 1. The molecule has 0 saturated carbocycles. The number of carbonyl (C=O) groups excluding carboxylic acids is 1. The summed E-state index contributed by atoms with van der Waals surface area (Å²) in [4.78, 5) is 11.7. The number of hydrogen-bond donors (Lipinski definition) is 0. The summed E-state index contributed by atoms with van der Waals surface area (Å²) < 4.78 is 31.2. The van der Waals surface area contributed by atoms with E-state index in [1.165, 1.54) is 6.07 Å². The topological polar surface area (TPSA) is 26.3 Å². The Morgan fingerprint density at radius 2 is 2.00 bits per heavy atom. The molecule has 0 N–H and O–H groups in total. The average molecular weight is 242 g/mol. The zero-order valence-corrected chi connectivity index (χ0v) is 9.24. The van der Waals surface area contributed by atoms with Crippen molar-refractivity contribution in [3.05, 3.63) is 34.7 Å². The van der Waals surface area contributed by atoms with Gasteiger partial charge in [0.05, 0.1) is 6.61 Å². The van der Waals surface area contributed by atoms with Crippen molar-refractivity contribution < 1.29 is 18.3 Å². The highest BCUT2D eigenvalue weighted by Gasteiger charge is 2.13. The fourth-order valence-corrected chi connectivity index (χ4v) is 2.30. The summed E-state index contributed by atoms with van der Waals surface area (Å²) in [5, 5.41) is 0.506. The average Bonchev–Trinajstić information content (AvgIpc) is 2.62. The lowest BCUT2D eigenvalue weighted by Crippen LogP contribution is -2.01. The molecule has 0 amide bonds. The van der Waals surface area contributed by atoms with Crippen LogP contribution in [0.15, 0.2) is 18.2 Å². The molecule has 0 bridgehead atoms. The maximum Gasteiger partial charge on any atom is 0.348 e. The number of carbonyl (C=O) groups is 1. The number of benzene rings is 1. The lowest BCUT2D eigenvalue weighted by molar-refractivity contribution is 0.0532. The Bertz CT molecular complexity index is 509. The summed E-state index contributed by atoms with van der Waals surface area (Å²) in [5.74, 6) is -2.30. The molecule has 1 heterocycles. The number of halogens is 2. The fourth-order valence-electron chi connectivity index (χ4n) is 1.34. The van der Waals surface area contributed by atoms with E-state index in [1.54, 1.807) is 6.92 Å². The second-order valence-electron chi connectivity index (χ2n) is 3.14. The van der Waals surface area contributed by atoms with Gasteiger partial charge >= 0.3 is 5.97 Å². The molecule has 0 aliphatic carbocycles. The normalized spacial score (nSPS) is 10.7. The zero-order chi connectivity index (χ0) is 11.7. The number of hydrogen-bond acceptors (Lipinski definition) is 3. The Morgan fingerprint density at radius 3 is 2.69 bits per heavy atom. The number of ether oxygens (including phenoxy) is 1. The molecule has 16 heavy (non-hydrogen) atoms. The maximum absolute atomic E-state index is 12.9. The van der Waals surface area contributed by atoms with Gasteiger partial charge in [0.25, 0.3) is 0 Å². The van der Waals surface area contributed by atoms with E-state index in [1.807, 2.05) is 0 Å². The molecular weight excluding hydrogens is 234 g/mol. The second kappa shape index (κ2) is 4.17. The summed E-state index contributed by atoms with van der Waals surface area (Å²) in [5.41, 5.74) is 0. The van der Waals surface area contributed by atoms with Gasteiger partial charge in [0.15, 0.2) is 11.6 Å². The highest BCUT2D eigenvalue weighted by Crippen LogP contribution is 2.28. The van der Waals surface area contributed by atoms with Crippen LogP contribution in [-0.2, 0) is 4.74 Å². The van der Waals surface area contributed by atoms with Gasteiger partial charge in [-0.15, -0.1) is 11.3 Å². The zero-order valence-electron chi connectivity index (χ0n) is 8.42. The third-order valence-corrected chi connectivity index (χ3v) is 3.11. The van der Waals surface area contributed by atoms with Crippen LogP contribution in [0, 0.1) is 11.6 Å². The summed E-state index contributed by atoms with van der Waals surface area (Å²) in [7, 11) is 0. The van der Waals surface area contributed by atoms with Crippen LogP contribution in [0.5, 0.6) is 0 Å². The third-order valence-electron chi connectivity index (χ3n) is 2.04. The minimum atomic E-state index is -0.916. The Balaban J connectivity index is 2.48. The molecule has 0 atom stereocenters. The molecular formula is C11H8F2O2S. The van der Waals surface area contributed by atoms with Gasteiger partial charge in [-0.3, -0.25) is 0 Å². The third kappa shape index (κ3) is 1.90. The van der Waals surface area contributed by atoms with Crippen LogP contribution in [0.1, 0.15) is 16.6 Å². The largest absolute Gasteiger partial charge is 0.462 e. The number of esters is 1.